The highest BCUT2D eigenvalue weighted by atomic mass is 16.5. The van der Waals surface area contributed by atoms with Gasteiger partial charge in [-0.25, -0.2) is 0 Å². The lowest BCUT2D eigenvalue weighted by molar-refractivity contribution is -0.123. The van der Waals surface area contributed by atoms with Crippen LogP contribution in [0.5, 0.6) is 0 Å². The van der Waals surface area contributed by atoms with E-state index in [1.807, 2.05) is 42.5 Å². The predicted octanol–water partition coefficient (Wildman–Crippen LogP) is 2.36. The monoisotopic (exact) mass is 327 g/mol. The van der Waals surface area contributed by atoms with Crippen LogP contribution in [0.1, 0.15) is 11.1 Å². The molecule has 0 spiro atoms. The predicted molar refractivity (Wildman–Crippen MR) is 91.7 cm³/mol. The zero-order valence-electron chi connectivity index (χ0n) is 13.7. The molecule has 2 aromatic carbocycles. The van der Waals surface area contributed by atoms with Crippen LogP contribution in [0.2, 0.25) is 0 Å². The molecular weight excluding hydrogens is 306 g/mol. The van der Waals surface area contributed by atoms with Crippen LogP contribution in [-0.2, 0) is 27.5 Å². The first-order valence-electron chi connectivity index (χ1n) is 7.93. The van der Waals surface area contributed by atoms with Gasteiger partial charge >= 0.3 is 0 Å². The number of carbonyl (C=O) groups excluding carboxylic acids is 1. The van der Waals surface area contributed by atoms with E-state index in [1.54, 1.807) is 12.0 Å². The summed E-state index contributed by atoms with van der Waals surface area (Å²) in [5, 5.41) is 9.31. The fraction of sp³-hybridized carbons (Fsp3) is 0.316. The molecule has 1 aliphatic heterocycles. The Hall–Kier alpha value is -2.21. The van der Waals surface area contributed by atoms with Gasteiger partial charge in [0.1, 0.15) is 6.61 Å². The highest BCUT2D eigenvalue weighted by Crippen LogP contribution is 2.30. The molecule has 0 atom stereocenters. The van der Waals surface area contributed by atoms with Crippen LogP contribution in [-0.4, -0.2) is 37.9 Å². The third-order valence-corrected chi connectivity index (χ3v) is 4.12. The summed E-state index contributed by atoms with van der Waals surface area (Å²) in [6, 6.07) is 13.8. The van der Waals surface area contributed by atoms with Gasteiger partial charge in [0, 0.05) is 24.9 Å². The number of nitrogens with zero attached hydrogens (tertiary/aromatic N) is 1. The van der Waals surface area contributed by atoms with Crippen molar-refractivity contribution < 1.29 is 19.4 Å². The summed E-state index contributed by atoms with van der Waals surface area (Å²) in [4.78, 5) is 14.0. The molecule has 0 saturated carbocycles. The second kappa shape index (κ2) is 7.57. The molecule has 0 saturated heterocycles. The van der Waals surface area contributed by atoms with Crippen molar-refractivity contribution in [2.24, 2.45) is 0 Å². The van der Waals surface area contributed by atoms with Crippen LogP contribution >= 0.6 is 0 Å². The van der Waals surface area contributed by atoms with Gasteiger partial charge in [0.25, 0.3) is 5.91 Å². The zero-order chi connectivity index (χ0) is 16.9. The number of anilines is 1. The zero-order valence-corrected chi connectivity index (χ0v) is 13.7. The molecule has 24 heavy (non-hydrogen) atoms. The van der Waals surface area contributed by atoms with Crippen molar-refractivity contribution in [1.29, 1.82) is 0 Å². The molecule has 3 rings (SSSR count). The number of methoxy groups -OCH3 is 1. The Labute approximate surface area is 141 Å². The van der Waals surface area contributed by atoms with Gasteiger partial charge in [0.15, 0.2) is 0 Å². The number of aliphatic hydroxyl groups is 1. The van der Waals surface area contributed by atoms with Crippen LogP contribution in [0.25, 0.3) is 11.1 Å². The van der Waals surface area contributed by atoms with Crippen LogP contribution in [0.15, 0.2) is 42.5 Å². The molecule has 0 radical (unpaired) electrons. The van der Waals surface area contributed by atoms with Crippen LogP contribution in [0, 0.1) is 0 Å². The maximum Gasteiger partial charge on any atom is 0.253 e. The quantitative estimate of drug-likeness (QED) is 0.916. The van der Waals surface area contributed by atoms with Gasteiger partial charge in [-0.1, -0.05) is 24.3 Å². The molecule has 0 aromatic heterocycles. The lowest BCUT2D eigenvalue weighted by Crippen LogP contribution is -2.35. The normalized spacial score (nSPS) is 14.4. The average Bonchev–Trinajstić information content (AvgIpc) is 2.77. The van der Waals surface area contributed by atoms with E-state index in [0.717, 1.165) is 27.9 Å². The largest absolute Gasteiger partial charge is 0.392 e. The Kier molecular flexibility index (Phi) is 5.25. The SMILES string of the molecule is COCCN1C(=O)COCc2cc(-c3cccc(CO)c3)ccc21. The van der Waals surface area contributed by atoms with Gasteiger partial charge in [-0.15, -0.1) is 0 Å². The first kappa shape index (κ1) is 16.6. The number of aliphatic hydroxyl groups excluding tert-OH is 1. The number of benzene rings is 2. The first-order valence-corrected chi connectivity index (χ1v) is 7.93. The van der Waals surface area contributed by atoms with Crippen molar-refractivity contribution in [2.45, 2.75) is 13.2 Å². The number of ether oxygens (including phenoxy) is 2. The van der Waals surface area contributed by atoms with E-state index < -0.39 is 0 Å². The number of rotatable bonds is 5. The summed E-state index contributed by atoms with van der Waals surface area (Å²) >= 11 is 0. The van der Waals surface area contributed by atoms with Gasteiger partial charge < -0.3 is 19.5 Å². The fourth-order valence-electron chi connectivity index (χ4n) is 2.88. The topological polar surface area (TPSA) is 59.0 Å². The highest BCUT2D eigenvalue weighted by Gasteiger charge is 2.22. The number of hydrogen-bond acceptors (Lipinski definition) is 4. The van der Waals surface area contributed by atoms with Crippen molar-refractivity contribution >= 4 is 11.6 Å². The Morgan fingerprint density at radius 3 is 2.79 bits per heavy atom. The minimum atomic E-state index is -0.0548. The van der Waals surface area contributed by atoms with E-state index in [2.05, 4.69) is 0 Å². The maximum absolute atomic E-state index is 12.2. The van der Waals surface area contributed by atoms with Crippen molar-refractivity contribution in [3.63, 3.8) is 0 Å². The molecule has 2 aromatic rings. The van der Waals surface area contributed by atoms with E-state index in [-0.39, 0.29) is 19.1 Å². The Balaban J connectivity index is 1.97. The molecule has 0 fully saturated rings. The van der Waals surface area contributed by atoms with Crippen LogP contribution in [0.3, 0.4) is 0 Å². The average molecular weight is 327 g/mol. The van der Waals surface area contributed by atoms with Gasteiger partial charge in [-0.05, 0) is 34.9 Å². The third kappa shape index (κ3) is 3.48. The summed E-state index contributed by atoms with van der Waals surface area (Å²) in [6.07, 6.45) is 0. The van der Waals surface area contributed by atoms with Gasteiger partial charge in [0.05, 0.1) is 19.8 Å². The van der Waals surface area contributed by atoms with Gasteiger partial charge in [0.2, 0.25) is 0 Å². The Morgan fingerprint density at radius 1 is 1.17 bits per heavy atom. The standard InChI is InChI=1S/C19H21NO4/c1-23-8-7-20-18-6-5-16(10-17(18)12-24-13-19(20)22)15-4-2-3-14(9-15)11-21/h2-6,9-10,21H,7-8,11-13H2,1H3. The van der Waals surface area contributed by atoms with Gasteiger partial charge in [-0.2, -0.15) is 0 Å². The van der Waals surface area contributed by atoms with Crippen molar-refractivity contribution in [1.82, 2.24) is 0 Å². The Morgan fingerprint density at radius 2 is 2.00 bits per heavy atom. The summed E-state index contributed by atoms with van der Waals surface area (Å²) in [5.41, 5.74) is 4.79. The summed E-state index contributed by atoms with van der Waals surface area (Å²) in [5.74, 6) is -0.0548. The fourth-order valence-corrected chi connectivity index (χ4v) is 2.88. The molecule has 5 heteroatoms. The molecular formula is C19H21NO4. The van der Waals surface area contributed by atoms with E-state index in [1.165, 1.54) is 0 Å². The minimum absolute atomic E-state index is 0.0151. The lowest BCUT2D eigenvalue weighted by atomic mass is 10.00. The smallest absolute Gasteiger partial charge is 0.253 e. The molecule has 1 N–H and O–H groups in total. The van der Waals surface area contributed by atoms with E-state index in [4.69, 9.17) is 9.47 Å². The van der Waals surface area contributed by atoms with Crippen molar-refractivity contribution in [3.8, 4) is 11.1 Å². The number of amides is 1. The summed E-state index contributed by atoms with van der Waals surface area (Å²) in [6.45, 7) is 1.48. The van der Waals surface area contributed by atoms with Crippen LogP contribution in [0.4, 0.5) is 5.69 Å². The molecule has 1 amide bonds. The van der Waals surface area contributed by atoms with E-state index in [0.29, 0.717) is 19.8 Å². The highest BCUT2D eigenvalue weighted by molar-refractivity contribution is 5.96. The third-order valence-electron chi connectivity index (χ3n) is 4.12. The van der Waals surface area contributed by atoms with E-state index in [9.17, 15) is 9.90 Å². The summed E-state index contributed by atoms with van der Waals surface area (Å²) in [7, 11) is 1.62. The number of hydrogen-bond donors (Lipinski definition) is 1. The number of carbonyl (C=O) groups is 1. The number of fused-ring (bicyclic) bond motifs is 1. The molecule has 0 unspecified atom stereocenters. The second-order valence-electron chi connectivity index (χ2n) is 5.73. The van der Waals surface area contributed by atoms with Crippen LogP contribution < -0.4 is 4.90 Å². The van der Waals surface area contributed by atoms with Crippen molar-refractivity contribution in [3.05, 3.63) is 53.6 Å². The Bertz CT molecular complexity index is 729. The molecule has 0 bridgehead atoms. The lowest BCUT2D eigenvalue weighted by Gasteiger charge is -2.22. The van der Waals surface area contributed by atoms with Gasteiger partial charge in [-0.3, -0.25) is 4.79 Å². The first-order chi connectivity index (χ1) is 11.7. The summed E-state index contributed by atoms with van der Waals surface area (Å²) < 4.78 is 10.6. The molecule has 1 heterocycles. The molecule has 5 nitrogen and oxygen atoms in total. The molecule has 0 aliphatic carbocycles. The minimum Gasteiger partial charge on any atom is -0.392 e. The molecule has 126 valence electrons. The second-order valence-corrected chi connectivity index (χ2v) is 5.73. The molecule has 1 aliphatic rings. The maximum atomic E-state index is 12.2. The van der Waals surface area contributed by atoms with Crippen molar-refractivity contribution in [2.75, 3.05) is 31.8 Å². The van der Waals surface area contributed by atoms with E-state index >= 15 is 0 Å².